The lowest BCUT2D eigenvalue weighted by Crippen LogP contribution is -2.38. The molecule has 0 radical (unpaired) electrons. The molecule has 3 rings (SSSR count). The number of rotatable bonds is 3. The van der Waals surface area contributed by atoms with Gasteiger partial charge < -0.3 is 5.11 Å². The second-order valence-electron chi connectivity index (χ2n) is 5.45. The molecule has 112 valence electrons. The van der Waals surface area contributed by atoms with E-state index in [2.05, 4.69) is 9.71 Å². The first-order chi connectivity index (χ1) is 10.1. The fourth-order valence-corrected chi connectivity index (χ4v) is 4.31. The largest absolute Gasteiger partial charge is 0.393 e. The third-order valence-electron chi connectivity index (χ3n) is 3.91. The zero-order valence-corrected chi connectivity index (χ0v) is 12.4. The molecule has 1 saturated carbocycles. The predicted octanol–water partition coefficient (Wildman–Crippen LogP) is 1.82. The topological polar surface area (TPSA) is 79.3 Å². The minimum atomic E-state index is -3.58. The molecule has 2 aromatic rings. The van der Waals surface area contributed by atoms with Gasteiger partial charge in [0.15, 0.2) is 0 Å². The number of nitrogens with one attached hydrogen (secondary N) is 1. The zero-order chi connectivity index (χ0) is 14.9. The minimum Gasteiger partial charge on any atom is -0.393 e. The average Bonchev–Trinajstić information content (AvgIpc) is 2.49. The number of nitrogens with zero attached hydrogens (tertiary/aromatic N) is 1. The van der Waals surface area contributed by atoms with Gasteiger partial charge in [0.25, 0.3) is 0 Å². The Kier molecular flexibility index (Phi) is 3.93. The van der Waals surface area contributed by atoms with Crippen molar-refractivity contribution in [2.24, 2.45) is 0 Å². The molecule has 0 aliphatic heterocycles. The van der Waals surface area contributed by atoms with Gasteiger partial charge in [-0.15, -0.1) is 0 Å². The summed E-state index contributed by atoms with van der Waals surface area (Å²) in [6.07, 6.45) is 3.98. The van der Waals surface area contributed by atoms with Crippen molar-refractivity contribution in [3.8, 4) is 0 Å². The molecule has 1 heterocycles. The van der Waals surface area contributed by atoms with Gasteiger partial charge in [0.1, 0.15) is 0 Å². The average molecular weight is 306 g/mol. The summed E-state index contributed by atoms with van der Waals surface area (Å²) in [4.78, 5) is 4.45. The Hall–Kier alpha value is -1.50. The molecule has 1 fully saturated rings. The van der Waals surface area contributed by atoms with Crippen LogP contribution in [0, 0.1) is 0 Å². The molecule has 1 aliphatic carbocycles. The molecule has 0 amide bonds. The Morgan fingerprint density at radius 2 is 1.86 bits per heavy atom. The lowest BCUT2D eigenvalue weighted by molar-refractivity contribution is 0.120. The van der Waals surface area contributed by atoms with Gasteiger partial charge in [-0.2, -0.15) is 0 Å². The third-order valence-corrected chi connectivity index (χ3v) is 5.49. The van der Waals surface area contributed by atoms with Crippen LogP contribution in [0.1, 0.15) is 25.7 Å². The van der Waals surface area contributed by atoms with Crippen molar-refractivity contribution in [2.45, 2.75) is 42.7 Å². The predicted molar refractivity (Wildman–Crippen MR) is 80.3 cm³/mol. The highest BCUT2D eigenvalue weighted by Crippen LogP contribution is 2.24. The minimum absolute atomic E-state index is 0.106. The lowest BCUT2D eigenvalue weighted by Gasteiger charge is -2.26. The molecule has 0 bridgehead atoms. The number of aromatic nitrogens is 1. The fourth-order valence-electron chi connectivity index (χ4n) is 2.79. The van der Waals surface area contributed by atoms with Gasteiger partial charge in [-0.25, -0.2) is 13.1 Å². The molecule has 1 aliphatic rings. The second-order valence-corrected chi connectivity index (χ2v) is 7.14. The third kappa shape index (κ3) is 3.07. The molecule has 6 heteroatoms. The zero-order valence-electron chi connectivity index (χ0n) is 11.6. The van der Waals surface area contributed by atoms with Gasteiger partial charge in [-0.1, -0.05) is 6.07 Å². The molecule has 5 nitrogen and oxygen atoms in total. The molecule has 2 N–H and O–H groups in total. The second kappa shape index (κ2) is 5.71. The SMILES string of the molecule is O=S(=O)(NC1CCC(O)CC1)c1cccc2ncccc12. The van der Waals surface area contributed by atoms with E-state index in [1.807, 2.05) is 0 Å². The van der Waals surface area contributed by atoms with Crippen molar-refractivity contribution < 1.29 is 13.5 Å². The molecular weight excluding hydrogens is 288 g/mol. The molecular formula is C15H18N2O3S. The van der Waals surface area contributed by atoms with E-state index < -0.39 is 10.0 Å². The van der Waals surface area contributed by atoms with Gasteiger partial charge in [0.2, 0.25) is 10.0 Å². The van der Waals surface area contributed by atoms with Crippen molar-refractivity contribution >= 4 is 20.9 Å². The van der Waals surface area contributed by atoms with E-state index in [-0.39, 0.29) is 17.0 Å². The van der Waals surface area contributed by atoms with Crippen LogP contribution in [0.15, 0.2) is 41.4 Å². The summed E-state index contributed by atoms with van der Waals surface area (Å²) >= 11 is 0. The Labute approximate surface area is 124 Å². The van der Waals surface area contributed by atoms with Crippen LogP contribution in [0.25, 0.3) is 10.9 Å². The van der Waals surface area contributed by atoms with E-state index in [0.717, 1.165) is 0 Å². The van der Waals surface area contributed by atoms with Crippen LogP contribution in [0.4, 0.5) is 0 Å². The van der Waals surface area contributed by atoms with E-state index in [1.165, 1.54) is 0 Å². The lowest BCUT2D eigenvalue weighted by atomic mass is 9.94. The molecule has 0 saturated heterocycles. The number of fused-ring (bicyclic) bond motifs is 1. The van der Waals surface area contributed by atoms with Crippen molar-refractivity contribution in [3.63, 3.8) is 0 Å². The Morgan fingerprint density at radius 1 is 1.10 bits per heavy atom. The summed E-state index contributed by atoms with van der Waals surface area (Å²) in [7, 11) is -3.58. The number of aliphatic hydroxyl groups excluding tert-OH is 1. The first kappa shape index (κ1) is 14.4. The smallest absolute Gasteiger partial charge is 0.241 e. The monoisotopic (exact) mass is 306 g/mol. The molecule has 1 aromatic heterocycles. The summed E-state index contributed by atoms with van der Waals surface area (Å²) in [5, 5.41) is 10.1. The summed E-state index contributed by atoms with van der Waals surface area (Å²) in [5.74, 6) is 0. The van der Waals surface area contributed by atoms with Crippen LogP contribution >= 0.6 is 0 Å². The molecule has 21 heavy (non-hydrogen) atoms. The standard InChI is InChI=1S/C15H18N2O3S/c18-12-8-6-11(7-9-12)17-21(19,20)15-5-1-4-14-13(15)3-2-10-16-14/h1-5,10-12,17-18H,6-9H2. The van der Waals surface area contributed by atoms with E-state index in [1.54, 1.807) is 36.5 Å². The van der Waals surface area contributed by atoms with Crippen molar-refractivity contribution in [1.29, 1.82) is 0 Å². The maximum atomic E-state index is 12.6. The van der Waals surface area contributed by atoms with Crippen LogP contribution in [-0.4, -0.2) is 30.7 Å². The summed E-state index contributed by atoms with van der Waals surface area (Å²) < 4.78 is 27.9. The molecule has 0 unspecified atom stereocenters. The van der Waals surface area contributed by atoms with Crippen LogP contribution < -0.4 is 4.72 Å². The van der Waals surface area contributed by atoms with Gasteiger partial charge in [0, 0.05) is 17.6 Å². The molecule has 0 atom stereocenters. The normalized spacial score (nSPS) is 23.3. The van der Waals surface area contributed by atoms with E-state index >= 15 is 0 Å². The number of sulfonamides is 1. The van der Waals surface area contributed by atoms with Crippen LogP contribution in [0.3, 0.4) is 0 Å². The quantitative estimate of drug-likeness (QED) is 0.906. The summed E-state index contributed by atoms with van der Waals surface area (Å²) in [6, 6.07) is 8.49. The fraction of sp³-hybridized carbons (Fsp3) is 0.400. The highest BCUT2D eigenvalue weighted by Gasteiger charge is 2.25. The Bertz CT molecular complexity index is 732. The van der Waals surface area contributed by atoms with Crippen LogP contribution in [-0.2, 0) is 10.0 Å². The van der Waals surface area contributed by atoms with Gasteiger partial charge in [-0.3, -0.25) is 4.98 Å². The Morgan fingerprint density at radius 3 is 2.62 bits per heavy atom. The number of aliphatic hydroxyl groups is 1. The maximum absolute atomic E-state index is 12.6. The number of pyridine rings is 1. The summed E-state index contributed by atoms with van der Waals surface area (Å²) in [5.41, 5.74) is 0.666. The number of benzene rings is 1. The highest BCUT2D eigenvalue weighted by atomic mass is 32.2. The van der Waals surface area contributed by atoms with E-state index in [9.17, 15) is 13.5 Å². The van der Waals surface area contributed by atoms with Crippen molar-refractivity contribution in [3.05, 3.63) is 36.5 Å². The van der Waals surface area contributed by atoms with Gasteiger partial charge >= 0.3 is 0 Å². The first-order valence-corrected chi connectivity index (χ1v) is 8.59. The van der Waals surface area contributed by atoms with Crippen molar-refractivity contribution in [1.82, 2.24) is 9.71 Å². The van der Waals surface area contributed by atoms with E-state index in [0.29, 0.717) is 36.6 Å². The molecule has 0 spiro atoms. The summed E-state index contributed by atoms with van der Waals surface area (Å²) in [6.45, 7) is 0. The number of hydrogen-bond acceptors (Lipinski definition) is 4. The van der Waals surface area contributed by atoms with Gasteiger partial charge in [0.05, 0.1) is 16.5 Å². The molecule has 1 aromatic carbocycles. The first-order valence-electron chi connectivity index (χ1n) is 7.10. The Balaban J connectivity index is 1.90. The van der Waals surface area contributed by atoms with Gasteiger partial charge in [-0.05, 0) is 49.9 Å². The number of hydrogen-bond donors (Lipinski definition) is 2. The van der Waals surface area contributed by atoms with E-state index in [4.69, 9.17) is 0 Å². The highest BCUT2D eigenvalue weighted by molar-refractivity contribution is 7.89. The van der Waals surface area contributed by atoms with Crippen LogP contribution in [0.5, 0.6) is 0 Å². The van der Waals surface area contributed by atoms with Crippen molar-refractivity contribution in [2.75, 3.05) is 0 Å². The maximum Gasteiger partial charge on any atom is 0.241 e. The van der Waals surface area contributed by atoms with Crippen LogP contribution in [0.2, 0.25) is 0 Å².